The van der Waals surface area contributed by atoms with Crippen LogP contribution in [0.3, 0.4) is 0 Å². The quantitative estimate of drug-likeness (QED) is 0.848. The molecule has 0 aliphatic carbocycles. The zero-order chi connectivity index (χ0) is 12.8. The molecule has 2 N–H and O–H groups in total. The molecular weight excluding hydrogens is 226 g/mol. The molecule has 2 heterocycles. The Labute approximate surface area is 108 Å². The Bertz CT molecular complexity index is 400. The van der Waals surface area contributed by atoms with E-state index in [-0.39, 0.29) is 5.91 Å². The van der Waals surface area contributed by atoms with Crippen molar-refractivity contribution in [1.82, 2.24) is 15.6 Å². The van der Waals surface area contributed by atoms with E-state index < -0.39 is 0 Å². The van der Waals surface area contributed by atoms with Gasteiger partial charge >= 0.3 is 0 Å². The van der Waals surface area contributed by atoms with Crippen LogP contribution in [0.2, 0.25) is 0 Å². The maximum absolute atomic E-state index is 11.9. The summed E-state index contributed by atoms with van der Waals surface area (Å²) < 4.78 is 0. The van der Waals surface area contributed by atoms with E-state index in [1.165, 1.54) is 12.8 Å². The smallest absolute Gasteiger partial charge is 0.252 e. The minimum atomic E-state index is -0.0185. The van der Waals surface area contributed by atoms with Crippen molar-refractivity contribution in [2.45, 2.75) is 26.2 Å². The van der Waals surface area contributed by atoms with Crippen LogP contribution < -0.4 is 10.6 Å². The molecule has 1 aliphatic rings. The largest absolute Gasteiger partial charge is 0.352 e. The van der Waals surface area contributed by atoms with Crippen molar-refractivity contribution in [3.8, 4) is 0 Å². The van der Waals surface area contributed by atoms with Crippen LogP contribution in [0.5, 0.6) is 0 Å². The Morgan fingerprint density at radius 1 is 1.56 bits per heavy atom. The van der Waals surface area contributed by atoms with E-state index in [2.05, 4.69) is 15.6 Å². The first kappa shape index (κ1) is 13.0. The summed E-state index contributed by atoms with van der Waals surface area (Å²) >= 11 is 0. The number of rotatable bonds is 4. The number of amides is 1. The van der Waals surface area contributed by atoms with Gasteiger partial charge in [-0.15, -0.1) is 0 Å². The van der Waals surface area contributed by atoms with Gasteiger partial charge in [0.1, 0.15) is 0 Å². The highest BCUT2D eigenvalue weighted by Gasteiger charge is 2.13. The molecule has 18 heavy (non-hydrogen) atoms. The molecule has 1 saturated heterocycles. The number of nitrogens with one attached hydrogen (secondary N) is 2. The SMILES string of the molecule is Cc1cncc(C(=O)NCCC2CCCNC2)c1. The van der Waals surface area contributed by atoms with Gasteiger partial charge in [-0.2, -0.15) is 0 Å². The van der Waals surface area contributed by atoms with Gasteiger partial charge in [0, 0.05) is 18.9 Å². The van der Waals surface area contributed by atoms with E-state index in [4.69, 9.17) is 0 Å². The van der Waals surface area contributed by atoms with Gasteiger partial charge < -0.3 is 10.6 Å². The van der Waals surface area contributed by atoms with Crippen LogP contribution in [0.4, 0.5) is 0 Å². The fourth-order valence-electron chi connectivity index (χ4n) is 2.34. The van der Waals surface area contributed by atoms with Crippen LogP contribution in [-0.2, 0) is 0 Å². The van der Waals surface area contributed by atoms with Crippen molar-refractivity contribution in [2.24, 2.45) is 5.92 Å². The van der Waals surface area contributed by atoms with Crippen LogP contribution in [0.1, 0.15) is 35.2 Å². The Hall–Kier alpha value is -1.42. The Morgan fingerprint density at radius 3 is 3.17 bits per heavy atom. The predicted molar refractivity (Wildman–Crippen MR) is 71.5 cm³/mol. The number of carbonyl (C=O) groups excluding carboxylic acids is 1. The summed E-state index contributed by atoms with van der Waals surface area (Å²) in [7, 11) is 0. The van der Waals surface area contributed by atoms with E-state index in [1.807, 2.05) is 13.0 Å². The third-order valence-corrected chi connectivity index (χ3v) is 3.37. The van der Waals surface area contributed by atoms with Crippen molar-refractivity contribution in [3.63, 3.8) is 0 Å². The fourth-order valence-corrected chi connectivity index (χ4v) is 2.34. The molecule has 0 radical (unpaired) electrons. The molecule has 1 aliphatic heterocycles. The van der Waals surface area contributed by atoms with Crippen molar-refractivity contribution < 1.29 is 4.79 Å². The van der Waals surface area contributed by atoms with Crippen molar-refractivity contribution in [3.05, 3.63) is 29.6 Å². The van der Waals surface area contributed by atoms with Gasteiger partial charge in [0.25, 0.3) is 5.91 Å². The summed E-state index contributed by atoms with van der Waals surface area (Å²) in [5.74, 6) is 0.685. The molecule has 1 amide bonds. The monoisotopic (exact) mass is 247 g/mol. The first-order chi connectivity index (χ1) is 8.75. The van der Waals surface area contributed by atoms with Crippen LogP contribution >= 0.6 is 0 Å². The molecule has 1 aromatic rings. The molecule has 4 nitrogen and oxygen atoms in total. The van der Waals surface area contributed by atoms with Crippen molar-refractivity contribution in [1.29, 1.82) is 0 Å². The Morgan fingerprint density at radius 2 is 2.44 bits per heavy atom. The number of aromatic nitrogens is 1. The number of aryl methyl sites for hydroxylation is 1. The predicted octanol–water partition coefficient (Wildman–Crippen LogP) is 1.51. The van der Waals surface area contributed by atoms with Crippen molar-refractivity contribution in [2.75, 3.05) is 19.6 Å². The second-order valence-electron chi connectivity index (χ2n) is 5.01. The molecule has 98 valence electrons. The molecule has 2 rings (SSSR count). The first-order valence-electron chi connectivity index (χ1n) is 6.66. The van der Waals surface area contributed by atoms with E-state index in [0.717, 1.165) is 31.6 Å². The standard InChI is InChI=1S/C14H21N3O/c1-11-7-13(10-16-8-11)14(18)17-6-4-12-3-2-5-15-9-12/h7-8,10,12,15H,2-6,9H2,1H3,(H,17,18). The number of carbonyl (C=O) groups is 1. The Kier molecular flexibility index (Phi) is 4.70. The summed E-state index contributed by atoms with van der Waals surface area (Å²) in [4.78, 5) is 15.9. The number of nitrogens with zero attached hydrogens (tertiary/aromatic N) is 1. The van der Waals surface area contributed by atoms with Gasteiger partial charge in [-0.1, -0.05) is 0 Å². The number of hydrogen-bond donors (Lipinski definition) is 2. The number of hydrogen-bond acceptors (Lipinski definition) is 3. The average Bonchev–Trinajstić information content (AvgIpc) is 2.40. The fraction of sp³-hybridized carbons (Fsp3) is 0.571. The summed E-state index contributed by atoms with van der Waals surface area (Å²) in [6.07, 6.45) is 6.95. The average molecular weight is 247 g/mol. The lowest BCUT2D eigenvalue weighted by Gasteiger charge is -2.22. The van der Waals surface area contributed by atoms with Crippen LogP contribution in [0.15, 0.2) is 18.5 Å². The van der Waals surface area contributed by atoms with E-state index >= 15 is 0 Å². The highest BCUT2D eigenvalue weighted by molar-refractivity contribution is 5.93. The van der Waals surface area contributed by atoms with Gasteiger partial charge in [0.2, 0.25) is 0 Å². The maximum Gasteiger partial charge on any atom is 0.252 e. The summed E-state index contributed by atoms with van der Waals surface area (Å²) in [5, 5.41) is 6.36. The summed E-state index contributed by atoms with van der Waals surface area (Å²) in [6.45, 7) is 4.91. The van der Waals surface area contributed by atoms with Crippen molar-refractivity contribution >= 4 is 5.91 Å². The van der Waals surface area contributed by atoms with Crippen LogP contribution in [0.25, 0.3) is 0 Å². The van der Waals surface area contributed by atoms with Gasteiger partial charge in [-0.25, -0.2) is 0 Å². The van der Waals surface area contributed by atoms with E-state index in [1.54, 1.807) is 12.4 Å². The van der Waals surface area contributed by atoms with Crippen LogP contribution in [0, 0.1) is 12.8 Å². The highest BCUT2D eigenvalue weighted by atomic mass is 16.1. The van der Waals surface area contributed by atoms with Gasteiger partial charge in [0.05, 0.1) is 5.56 Å². The molecule has 0 aromatic carbocycles. The normalized spacial score (nSPS) is 19.5. The third-order valence-electron chi connectivity index (χ3n) is 3.37. The number of pyridine rings is 1. The molecule has 4 heteroatoms. The lowest BCUT2D eigenvalue weighted by atomic mass is 9.96. The van der Waals surface area contributed by atoms with Crippen LogP contribution in [-0.4, -0.2) is 30.5 Å². The van der Waals surface area contributed by atoms with Gasteiger partial charge in [0.15, 0.2) is 0 Å². The lowest BCUT2D eigenvalue weighted by Crippen LogP contribution is -2.33. The highest BCUT2D eigenvalue weighted by Crippen LogP contribution is 2.13. The van der Waals surface area contributed by atoms with E-state index in [9.17, 15) is 4.79 Å². The maximum atomic E-state index is 11.9. The molecule has 1 atom stereocenters. The summed E-state index contributed by atoms with van der Waals surface area (Å²) in [6, 6.07) is 1.87. The molecule has 0 spiro atoms. The minimum absolute atomic E-state index is 0.0185. The summed E-state index contributed by atoms with van der Waals surface area (Å²) in [5.41, 5.74) is 1.66. The molecule has 1 unspecified atom stereocenters. The second kappa shape index (κ2) is 6.50. The molecule has 1 aromatic heterocycles. The molecule has 1 fully saturated rings. The molecular formula is C14H21N3O. The zero-order valence-corrected chi connectivity index (χ0v) is 10.9. The molecule has 0 bridgehead atoms. The zero-order valence-electron chi connectivity index (χ0n) is 10.9. The second-order valence-corrected chi connectivity index (χ2v) is 5.01. The third kappa shape index (κ3) is 3.81. The molecule has 0 saturated carbocycles. The van der Waals surface area contributed by atoms with E-state index in [0.29, 0.717) is 11.5 Å². The first-order valence-corrected chi connectivity index (χ1v) is 6.66. The lowest BCUT2D eigenvalue weighted by molar-refractivity contribution is 0.0950. The Balaban J connectivity index is 1.74. The van der Waals surface area contributed by atoms with Gasteiger partial charge in [-0.3, -0.25) is 9.78 Å². The van der Waals surface area contributed by atoms with Gasteiger partial charge in [-0.05, 0) is 56.8 Å². The number of piperidine rings is 1. The minimum Gasteiger partial charge on any atom is -0.352 e. The topological polar surface area (TPSA) is 54.0 Å².